The quantitative estimate of drug-likeness (QED) is 0.751. The molecule has 1 aromatic heterocycles. The lowest BCUT2D eigenvalue weighted by Crippen LogP contribution is -2.50. The number of carbonyl (C=O) groups excluding carboxylic acids is 3. The Morgan fingerprint density at radius 1 is 1.03 bits per heavy atom. The smallest absolute Gasteiger partial charge is 0.264 e. The zero-order chi connectivity index (χ0) is 20.8. The molecule has 1 fully saturated rings. The summed E-state index contributed by atoms with van der Waals surface area (Å²) in [6.45, 7) is 4.39. The Kier molecular flexibility index (Phi) is 6.95. The molecule has 2 aromatic rings. The predicted molar refractivity (Wildman–Crippen MR) is 109 cm³/mol. The molecule has 0 radical (unpaired) electrons. The summed E-state index contributed by atoms with van der Waals surface area (Å²) >= 11 is 1.38. The fraction of sp³-hybridized carbons (Fsp3) is 0.350. The molecule has 0 aliphatic carbocycles. The molecule has 1 saturated heterocycles. The van der Waals surface area contributed by atoms with Crippen molar-refractivity contribution in [3.63, 3.8) is 0 Å². The van der Waals surface area contributed by atoms with Gasteiger partial charge >= 0.3 is 0 Å². The average molecular weight is 418 g/mol. The summed E-state index contributed by atoms with van der Waals surface area (Å²) in [5.74, 6) is -0.653. The Labute approximate surface area is 172 Å². The molecule has 154 valence electrons. The number of hydrogen-bond acceptors (Lipinski definition) is 5. The number of nitrogens with zero attached hydrogens (tertiary/aromatic N) is 2. The fourth-order valence-corrected chi connectivity index (χ4v) is 3.92. The lowest BCUT2D eigenvalue weighted by atomic mass is 10.2. The number of nitrogens with one attached hydrogen (secondary N) is 2. The van der Waals surface area contributed by atoms with Crippen LogP contribution in [0.2, 0.25) is 0 Å². The van der Waals surface area contributed by atoms with E-state index in [1.165, 1.54) is 42.5 Å². The number of benzene rings is 1. The molecule has 0 unspecified atom stereocenters. The van der Waals surface area contributed by atoms with Crippen LogP contribution in [0.15, 0.2) is 36.4 Å². The number of rotatable bonds is 6. The van der Waals surface area contributed by atoms with Crippen molar-refractivity contribution in [1.82, 2.24) is 15.1 Å². The lowest BCUT2D eigenvalue weighted by Gasteiger charge is -2.34. The van der Waals surface area contributed by atoms with Crippen molar-refractivity contribution in [2.75, 3.05) is 38.0 Å². The average Bonchev–Trinajstić information content (AvgIpc) is 3.17. The van der Waals surface area contributed by atoms with Gasteiger partial charge in [-0.2, -0.15) is 0 Å². The first-order valence-electron chi connectivity index (χ1n) is 9.31. The maximum absolute atomic E-state index is 12.9. The zero-order valence-electron chi connectivity index (χ0n) is 16.1. The number of piperazine rings is 1. The molecule has 1 aliphatic rings. The number of halogens is 1. The van der Waals surface area contributed by atoms with Crippen LogP contribution in [0.3, 0.4) is 0 Å². The van der Waals surface area contributed by atoms with Crippen LogP contribution in [-0.4, -0.2) is 60.2 Å². The molecule has 7 nitrogen and oxygen atoms in total. The Hall–Kier alpha value is -2.78. The van der Waals surface area contributed by atoms with Crippen LogP contribution < -0.4 is 10.6 Å². The van der Waals surface area contributed by atoms with Gasteiger partial charge in [0.2, 0.25) is 11.8 Å². The first kappa shape index (κ1) is 20.9. The van der Waals surface area contributed by atoms with E-state index in [1.807, 2.05) is 11.0 Å². The fourth-order valence-electron chi connectivity index (χ4n) is 3.00. The number of carbonyl (C=O) groups is 3. The van der Waals surface area contributed by atoms with Crippen molar-refractivity contribution >= 4 is 34.7 Å². The molecule has 0 saturated carbocycles. The molecule has 29 heavy (non-hydrogen) atoms. The molecule has 3 amide bonds. The number of hydrogen-bond donors (Lipinski definition) is 2. The molecule has 0 spiro atoms. The van der Waals surface area contributed by atoms with Crippen LogP contribution in [-0.2, 0) is 16.1 Å². The van der Waals surface area contributed by atoms with Crippen molar-refractivity contribution in [2.45, 2.75) is 13.5 Å². The summed E-state index contributed by atoms with van der Waals surface area (Å²) in [5, 5.41) is 5.46. The highest BCUT2D eigenvalue weighted by molar-refractivity contribution is 7.14. The van der Waals surface area contributed by atoms with Crippen LogP contribution in [0.5, 0.6) is 0 Å². The van der Waals surface area contributed by atoms with Gasteiger partial charge in [-0.05, 0) is 36.4 Å². The highest BCUT2D eigenvalue weighted by atomic mass is 32.1. The van der Waals surface area contributed by atoms with E-state index in [0.29, 0.717) is 43.3 Å². The predicted octanol–water partition coefficient (Wildman–Crippen LogP) is 1.92. The van der Waals surface area contributed by atoms with Gasteiger partial charge in [0.25, 0.3) is 5.91 Å². The Morgan fingerprint density at radius 3 is 2.38 bits per heavy atom. The van der Waals surface area contributed by atoms with Gasteiger partial charge in [0.1, 0.15) is 5.82 Å². The van der Waals surface area contributed by atoms with Crippen molar-refractivity contribution < 1.29 is 18.8 Å². The topological polar surface area (TPSA) is 81.8 Å². The van der Waals surface area contributed by atoms with E-state index in [9.17, 15) is 18.8 Å². The molecule has 1 aromatic carbocycles. The summed E-state index contributed by atoms with van der Waals surface area (Å²) in [7, 11) is 0. The minimum absolute atomic E-state index is 0.0283. The summed E-state index contributed by atoms with van der Waals surface area (Å²) < 4.78 is 12.9. The Bertz CT molecular complexity index is 876. The third-order valence-corrected chi connectivity index (χ3v) is 5.61. The van der Waals surface area contributed by atoms with Crippen LogP contribution in [0.1, 0.15) is 21.5 Å². The van der Waals surface area contributed by atoms with Crippen LogP contribution in [0, 0.1) is 5.82 Å². The third kappa shape index (κ3) is 6.10. The summed E-state index contributed by atoms with van der Waals surface area (Å²) in [4.78, 5) is 41.2. The Morgan fingerprint density at radius 2 is 1.72 bits per heavy atom. The van der Waals surface area contributed by atoms with Crippen molar-refractivity contribution in [1.29, 1.82) is 0 Å². The summed E-state index contributed by atoms with van der Waals surface area (Å²) in [5.41, 5.74) is 0.554. The van der Waals surface area contributed by atoms with E-state index >= 15 is 0 Å². The second kappa shape index (κ2) is 9.62. The van der Waals surface area contributed by atoms with E-state index < -0.39 is 0 Å². The van der Waals surface area contributed by atoms with E-state index in [2.05, 4.69) is 10.6 Å². The van der Waals surface area contributed by atoms with Gasteiger partial charge in [-0.25, -0.2) is 4.39 Å². The first-order chi connectivity index (χ1) is 13.9. The molecule has 2 N–H and O–H groups in total. The highest BCUT2D eigenvalue weighted by Gasteiger charge is 2.24. The van der Waals surface area contributed by atoms with Crippen LogP contribution >= 0.6 is 11.3 Å². The zero-order valence-corrected chi connectivity index (χ0v) is 16.9. The number of amides is 3. The van der Waals surface area contributed by atoms with E-state index in [1.54, 1.807) is 11.0 Å². The second-order valence-electron chi connectivity index (χ2n) is 6.80. The molecule has 9 heteroatoms. The van der Waals surface area contributed by atoms with Gasteiger partial charge in [-0.3, -0.25) is 19.3 Å². The maximum atomic E-state index is 12.9. The normalized spacial score (nSPS) is 14.5. The first-order valence-corrected chi connectivity index (χ1v) is 10.1. The minimum atomic E-state index is -0.350. The molecule has 1 aliphatic heterocycles. The molecule has 0 atom stereocenters. The third-order valence-electron chi connectivity index (χ3n) is 4.54. The number of anilines is 1. The van der Waals surface area contributed by atoms with Crippen LogP contribution in [0.4, 0.5) is 10.1 Å². The summed E-state index contributed by atoms with van der Waals surface area (Å²) in [6.07, 6.45) is 0. The van der Waals surface area contributed by atoms with Crippen LogP contribution in [0.25, 0.3) is 0 Å². The van der Waals surface area contributed by atoms with Gasteiger partial charge in [0, 0.05) is 43.7 Å². The minimum Gasteiger partial charge on any atom is -0.351 e. The van der Waals surface area contributed by atoms with Crippen molar-refractivity contribution in [3.8, 4) is 0 Å². The maximum Gasteiger partial charge on any atom is 0.264 e. The van der Waals surface area contributed by atoms with Crippen molar-refractivity contribution in [3.05, 3.63) is 52.0 Å². The molecule has 0 bridgehead atoms. The van der Waals surface area contributed by atoms with Gasteiger partial charge in [0.15, 0.2) is 0 Å². The van der Waals surface area contributed by atoms with E-state index in [0.717, 1.165) is 4.88 Å². The number of thiophene rings is 1. The van der Waals surface area contributed by atoms with Gasteiger partial charge in [-0.1, -0.05) is 0 Å². The second-order valence-corrected chi connectivity index (χ2v) is 7.97. The Balaban J connectivity index is 1.44. The SMILES string of the molecule is CC(=O)NCc1ccc(C(=O)N2CCN(CC(=O)Nc3ccc(F)cc3)CC2)s1. The molecular formula is C20H23FN4O3S. The summed E-state index contributed by atoms with van der Waals surface area (Å²) in [6, 6.07) is 9.27. The van der Waals surface area contributed by atoms with E-state index in [4.69, 9.17) is 0 Å². The van der Waals surface area contributed by atoms with Crippen molar-refractivity contribution in [2.24, 2.45) is 0 Å². The monoisotopic (exact) mass is 418 g/mol. The molecule has 2 heterocycles. The molecular weight excluding hydrogens is 395 g/mol. The largest absolute Gasteiger partial charge is 0.351 e. The lowest BCUT2D eigenvalue weighted by molar-refractivity contribution is -0.119. The standard InChI is InChI=1S/C20H23FN4O3S/c1-14(26)22-12-17-6-7-18(29-17)20(28)25-10-8-24(9-11-25)13-19(27)23-16-4-2-15(21)3-5-16/h2-7H,8-13H2,1H3,(H,22,26)(H,23,27). The highest BCUT2D eigenvalue weighted by Crippen LogP contribution is 2.19. The van der Waals surface area contributed by atoms with Gasteiger partial charge in [0.05, 0.1) is 18.0 Å². The van der Waals surface area contributed by atoms with Gasteiger partial charge in [-0.15, -0.1) is 11.3 Å². The van der Waals surface area contributed by atoms with Gasteiger partial charge < -0.3 is 15.5 Å². The van der Waals surface area contributed by atoms with E-state index in [-0.39, 0.29) is 30.1 Å². The molecule has 3 rings (SSSR count).